The average Bonchev–Trinajstić information content (AvgIpc) is 3.21. The first-order chi connectivity index (χ1) is 9.60. The van der Waals surface area contributed by atoms with Crippen LogP contribution in [0.2, 0.25) is 0 Å². The fourth-order valence-electron chi connectivity index (χ4n) is 1.78. The summed E-state index contributed by atoms with van der Waals surface area (Å²) in [5.41, 5.74) is 0.644. The van der Waals surface area contributed by atoms with Crippen LogP contribution in [-0.4, -0.2) is 23.5 Å². The maximum Gasteiger partial charge on any atom is 0.269 e. The van der Waals surface area contributed by atoms with Crippen molar-refractivity contribution >= 4 is 11.6 Å². The Morgan fingerprint density at radius 1 is 1.55 bits per heavy atom. The molecule has 106 valence electrons. The molecule has 6 nitrogen and oxygen atoms in total. The monoisotopic (exact) mass is 276 g/mol. The highest BCUT2D eigenvalue weighted by atomic mass is 16.6. The molecule has 1 saturated carbocycles. The summed E-state index contributed by atoms with van der Waals surface area (Å²) < 4.78 is 5.43. The lowest BCUT2D eigenvalue weighted by Gasteiger charge is -2.10. The van der Waals surface area contributed by atoms with Crippen molar-refractivity contribution in [3.63, 3.8) is 0 Å². The van der Waals surface area contributed by atoms with E-state index in [0.717, 1.165) is 12.8 Å². The van der Waals surface area contributed by atoms with Gasteiger partial charge in [0.25, 0.3) is 11.6 Å². The zero-order valence-corrected chi connectivity index (χ0v) is 11.0. The van der Waals surface area contributed by atoms with E-state index < -0.39 is 4.92 Å². The Morgan fingerprint density at radius 2 is 2.30 bits per heavy atom. The summed E-state index contributed by atoms with van der Waals surface area (Å²) >= 11 is 0. The second-order valence-electron chi connectivity index (χ2n) is 4.67. The number of carbonyl (C=O) groups is 1. The van der Waals surface area contributed by atoms with Gasteiger partial charge < -0.3 is 10.1 Å². The van der Waals surface area contributed by atoms with E-state index in [-0.39, 0.29) is 24.2 Å². The van der Waals surface area contributed by atoms with Crippen molar-refractivity contribution in [3.8, 4) is 5.75 Å². The molecule has 0 bridgehead atoms. The highest BCUT2D eigenvalue weighted by molar-refractivity contribution is 5.78. The number of carbonyl (C=O) groups excluding carboxylic acids is 1. The number of amides is 1. The van der Waals surface area contributed by atoms with Gasteiger partial charge in [0.1, 0.15) is 5.75 Å². The van der Waals surface area contributed by atoms with Crippen LogP contribution in [0.3, 0.4) is 0 Å². The molecule has 1 aromatic carbocycles. The molecular formula is C14H16N2O4. The minimum atomic E-state index is -0.462. The van der Waals surface area contributed by atoms with E-state index in [2.05, 4.69) is 11.9 Å². The first-order valence-electron chi connectivity index (χ1n) is 6.40. The fourth-order valence-corrected chi connectivity index (χ4v) is 1.78. The first-order valence-corrected chi connectivity index (χ1v) is 6.40. The molecule has 6 heteroatoms. The average molecular weight is 276 g/mol. The van der Waals surface area contributed by atoms with Gasteiger partial charge >= 0.3 is 0 Å². The number of hydrogen-bond acceptors (Lipinski definition) is 4. The highest BCUT2D eigenvalue weighted by Gasteiger charge is 2.23. The summed E-state index contributed by atoms with van der Waals surface area (Å²) in [5.74, 6) is 0.303. The third-order valence-electron chi connectivity index (χ3n) is 2.92. The predicted octanol–water partition coefficient (Wildman–Crippen LogP) is 1.98. The number of nitro benzene ring substituents is 1. The van der Waals surface area contributed by atoms with Crippen molar-refractivity contribution in [3.05, 3.63) is 46.5 Å². The summed E-state index contributed by atoms with van der Waals surface area (Å²) in [6, 6.07) is 4.60. The van der Waals surface area contributed by atoms with Gasteiger partial charge in [0.05, 0.1) is 4.92 Å². The van der Waals surface area contributed by atoms with Crippen molar-refractivity contribution in [2.75, 3.05) is 6.61 Å². The van der Waals surface area contributed by atoms with Gasteiger partial charge in [-0.1, -0.05) is 6.08 Å². The molecule has 20 heavy (non-hydrogen) atoms. The number of hydrogen-bond donors (Lipinski definition) is 1. The van der Waals surface area contributed by atoms with Crippen molar-refractivity contribution in [2.24, 2.45) is 0 Å². The maximum absolute atomic E-state index is 11.5. The molecule has 0 unspecified atom stereocenters. The van der Waals surface area contributed by atoms with Crippen molar-refractivity contribution in [2.45, 2.75) is 25.3 Å². The lowest BCUT2D eigenvalue weighted by atomic mass is 10.1. The lowest BCUT2D eigenvalue weighted by molar-refractivity contribution is -0.384. The molecule has 0 saturated heterocycles. The van der Waals surface area contributed by atoms with Crippen LogP contribution in [0.4, 0.5) is 5.69 Å². The van der Waals surface area contributed by atoms with E-state index in [1.54, 1.807) is 6.08 Å². The SMILES string of the molecule is C=CCc1cc([N+](=O)[O-])ccc1OCC(=O)NC1CC1. The summed E-state index contributed by atoms with van der Waals surface area (Å²) in [5, 5.41) is 13.6. The van der Waals surface area contributed by atoms with E-state index in [9.17, 15) is 14.9 Å². The molecule has 0 spiro atoms. The number of allylic oxidation sites excluding steroid dienone is 1. The van der Waals surface area contributed by atoms with E-state index >= 15 is 0 Å². The molecule has 1 amide bonds. The molecule has 0 atom stereocenters. The van der Waals surface area contributed by atoms with E-state index in [1.165, 1.54) is 18.2 Å². The Kier molecular flexibility index (Phi) is 4.34. The Balaban J connectivity index is 2.02. The second-order valence-corrected chi connectivity index (χ2v) is 4.67. The molecule has 1 N–H and O–H groups in total. The van der Waals surface area contributed by atoms with Crippen molar-refractivity contribution in [1.82, 2.24) is 5.32 Å². The topological polar surface area (TPSA) is 81.5 Å². The van der Waals surface area contributed by atoms with Gasteiger partial charge in [-0.3, -0.25) is 14.9 Å². The first kappa shape index (κ1) is 14.0. The van der Waals surface area contributed by atoms with Gasteiger partial charge in [-0.15, -0.1) is 6.58 Å². The van der Waals surface area contributed by atoms with Gasteiger partial charge in [-0.05, 0) is 25.3 Å². The van der Waals surface area contributed by atoms with Crippen LogP contribution in [-0.2, 0) is 11.2 Å². The zero-order chi connectivity index (χ0) is 14.5. The smallest absolute Gasteiger partial charge is 0.269 e. The van der Waals surface area contributed by atoms with Crippen molar-refractivity contribution in [1.29, 1.82) is 0 Å². The summed E-state index contributed by atoms with van der Waals surface area (Å²) in [6.45, 7) is 3.52. The summed E-state index contributed by atoms with van der Waals surface area (Å²) in [4.78, 5) is 21.8. The molecular weight excluding hydrogens is 260 g/mol. The van der Waals surface area contributed by atoms with Crippen LogP contribution in [0, 0.1) is 10.1 Å². The zero-order valence-electron chi connectivity index (χ0n) is 11.0. The minimum Gasteiger partial charge on any atom is -0.483 e. The number of nitrogens with zero attached hydrogens (tertiary/aromatic N) is 1. The summed E-state index contributed by atoms with van der Waals surface area (Å²) in [6.07, 6.45) is 4.12. The van der Waals surface area contributed by atoms with Crippen molar-refractivity contribution < 1.29 is 14.5 Å². The molecule has 2 rings (SSSR count). The Hall–Kier alpha value is -2.37. The minimum absolute atomic E-state index is 0.00312. The third-order valence-corrected chi connectivity index (χ3v) is 2.92. The number of non-ortho nitro benzene ring substituents is 1. The van der Waals surface area contributed by atoms with Crippen LogP contribution < -0.4 is 10.1 Å². The van der Waals surface area contributed by atoms with Crippen LogP contribution in [0.5, 0.6) is 5.75 Å². The lowest BCUT2D eigenvalue weighted by Crippen LogP contribution is -2.30. The molecule has 1 aliphatic rings. The number of rotatable bonds is 7. The Labute approximate surface area is 116 Å². The van der Waals surface area contributed by atoms with Gasteiger partial charge in [-0.2, -0.15) is 0 Å². The largest absolute Gasteiger partial charge is 0.483 e. The van der Waals surface area contributed by atoms with Gasteiger partial charge in [-0.25, -0.2) is 0 Å². The molecule has 1 fully saturated rings. The molecule has 0 heterocycles. The maximum atomic E-state index is 11.5. The van der Waals surface area contributed by atoms with Crippen LogP contribution in [0.15, 0.2) is 30.9 Å². The number of benzene rings is 1. The Bertz CT molecular complexity index is 538. The Morgan fingerprint density at radius 3 is 2.90 bits per heavy atom. The molecule has 0 aromatic heterocycles. The van der Waals surface area contributed by atoms with E-state index in [4.69, 9.17) is 4.74 Å². The normalized spacial score (nSPS) is 13.6. The second kappa shape index (κ2) is 6.18. The predicted molar refractivity (Wildman–Crippen MR) is 73.7 cm³/mol. The quantitative estimate of drug-likeness (QED) is 0.469. The van der Waals surface area contributed by atoms with Gasteiger partial charge in [0.2, 0.25) is 0 Å². The molecule has 1 aromatic rings. The van der Waals surface area contributed by atoms with Gasteiger partial charge in [0.15, 0.2) is 6.61 Å². The van der Waals surface area contributed by atoms with E-state index in [1.807, 2.05) is 0 Å². The molecule has 0 aliphatic heterocycles. The number of ether oxygens (including phenoxy) is 1. The molecule has 0 radical (unpaired) electrons. The van der Waals surface area contributed by atoms with Crippen LogP contribution >= 0.6 is 0 Å². The van der Waals surface area contributed by atoms with E-state index in [0.29, 0.717) is 17.7 Å². The fraction of sp³-hybridized carbons (Fsp3) is 0.357. The molecule has 1 aliphatic carbocycles. The van der Waals surface area contributed by atoms with Gasteiger partial charge in [0, 0.05) is 23.7 Å². The standard InChI is InChI=1S/C14H16N2O4/c1-2-3-10-8-12(16(18)19)6-7-13(10)20-9-14(17)15-11-4-5-11/h2,6-8,11H,1,3-5,9H2,(H,15,17). The summed E-state index contributed by atoms with van der Waals surface area (Å²) in [7, 11) is 0. The highest BCUT2D eigenvalue weighted by Crippen LogP contribution is 2.25. The third kappa shape index (κ3) is 3.81. The van der Waals surface area contributed by atoms with Crippen LogP contribution in [0.25, 0.3) is 0 Å². The number of nitro groups is 1. The van der Waals surface area contributed by atoms with Crippen LogP contribution in [0.1, 0.15) is 18.4 Å². The number of nitrogens with one attached hydrogen (secondary N) is 1.